The first-order valence-corrected chi connectivity index (χ1v) is 8.29. The smallest absolute Gasteiger partial charge is 0.0841 e. The van der Waals surface area contributed by atoms with E-state index in [0.29, 0.717) is 12.5 Å². The van der Waals surface area contributed by atoms with Crippen molar-refractivity contribution in [1.29, 1.82) is 0 Å². The summed E-state index contributed by atoms with van der Waals surface area (Å²) in [6, 6.07) is 10.6. The summed E-state index contributed by atoms with van der Waals surface area (Å²) in [7, 11) is 0. The molecule has 3 nitrogen and oxygen atoms in total. The predicted octanol–water partition coefficient (Wildman–Crippen LogP) is 3.27. The van der Waals surface area contributed by atoms with E-state index < -0.39 is 0 Å². The van der Waals surface area contributed by atoms with Gasteiger partial charge in [0.15, 0.2) is 0 Å². The molecular weight excluding hydrogens is 264 g/mol. The lowest BCUT2D eigenvalue weighted by Gasteiger charge is -2.34. The van der Waals surface area contributed by atoms with E-state index in [1.165, 1.54) is 18.4 Å². The van der Waals surface area contributed by atoms with Gasteiger partial charge in [0, 0.05) is 6.61 Å². The van der Waals surface area contributed by atoms with E-state index in [-0.39, 0.29) is 18.3 Å². The Labute approximate surface area is 127 Å². The zero-order valence-electron chi connectivity index (χ0n) is 12.6. The molecular formula is C18H26O3. The van der Waals surface area contributed by atoms with Gasteiger partial charge in [-0.25, -0.2) is 0 Å². The molecule has 2 aliphatic rings. The van der Waals surface area contributed by atoms with Gasteiger partial charge in [-0.05, 0) is 50.0 Å². The molecule has 4 unspecified atom stereocenters. The maximum Gasteiger partial charge on any atom is 0.0841 e. The summed E-state index contributed by atoms with van der Waals surface area (Å²) in [5.41, 5.74) is 1.37. The van der Waals surface area contributed by atoms with Crippen molar-refractivity contribution in [1.82, 2.24) is 0 Å². The van der Waals surface area contributed by atoms with Crippen molar-refractivity contribution < 1.29 is 14.6 Å². The Balaban J connectivity index is 1.53. The molecule has 1 aromatic rings. The van der Waals surface area contributed by atoms with Gasteiger partial charge in [0.05, 0.1) is 24.9 Å². The minimum Gasteiger partial charge on any atom is -0.390 e. The monoisotopic (exact) mass is 290 g/mol. The quantitative estimate of drug-likeness (QED) is 0.925. The maximum atomic E-state index is 10.2. The molecule has 1 aliphatic carbocycles. The SMILES string of the molecule is OC1CCC(c2ccccc2)CC1OCC1CCCCO1. The molecule has 0 bridgehead atoms. The van der Waals surface area contributed by atoms with E-state index in [1.807, 2.05) is 0 Å². The van der Waals surface area contributed by atoms with Gasteiger partial charge in [0.2, 0.25) is 0 Å². The average molecular weight is 290 g/mol. The topological polar surface area (TPSA) is 38.7 Å². The molecule has 1 aromatic carbocycles. The van der Waals surface area contributed by atoms with Crippen LogP contribution in [0.3, 0.4) is 0 Å². The highest BCUT2D eigenvalue weighted by Gasteiger charge is 2.31. The van der Waals surface area contributed by atoms with Crippen LogP contribution in [0.1, 0.15) is 50.0 Å². The van der Waals surface area contributed by atoms with Crippen LogP contribution in [0.5, 0.6) is 0 Å². The second kappa shape index (κ2) is 7.39. The highest BCUT2D eigenvalue weighted by Crippen LogP contribution is 2.34. The second-order valence-electron chi connectivity index (χ2n) is 6.35. The van der Waals surface area contributed by atoms with E-state index >= 15 is 0 Å². The minimum absolute atomic E-state index is 0.0468. The molecule has 0 spiro atoms. The Bertz CT molecular complexity index is 414. The fourth-order valence-electron chi connectivity index (χ4n) is 3.49. The van der Waals surface area contributed by atoms with Gasteiger partial charge in [-0.3, -0.25) is 0 Å². The summed E-state index contributed by atoms with van der Waals surface area (Å²) in [4.78, 5) is 0. The predicted molar refractivity (Wildman–Crippen MR) is 82.4 cm³/mol. The summed E-state index contributed by atoms with van der Waals surface area (Å²) in [5.74, 6) is 0.506. The summed E-state index contributed by atoms with van der Waals surface area (Å²) in [6.07, 6.45) is 6.13. The summed E-state index contributed by atoms with van der Waals surface area (Å²) < 4.78 is 11.7. The highest BCUT2D eigenvalue weighted by atomic mass is 16.5. The molecule has 1 saturated heterocycles. The average Bonchev–Trinajstić information content (AvgIpc) is 2.56. The molecule has 116 valence electrons. The Morgan fingerprint density at radius 1 is 1.10 bits per heavy atom. The van der Waals surface area contributed by atoms with Gasteiger partial charge < -0.3 is 14.6 Å². The van der Waals surface area contributed by atoms with Crippen molar-refractivity contribution >= 4 is 0 Å². The van der Waals surface area contributed by atoms with Gasteiger partial charge in [0.25, 0.3) is 0 Å². The number of ether oxygens (including phenoxy) is 2. The standard InChI is InChI=1S/C18H26O3/c19-17-10-9-15(14-6-2-1-3-7-14)12-18(17)21-13-16-8-4-5-11-20-16/h1-3,6-7,15-19H,4-5,8-13H2. The van der Waals surface area contributed by atoms with Crippen molar-refractivity contribution in [3.05, 3.63) is 35.9 Å². The third-order valence-electron chi connectivity index (χ3n) is 4.80. The van der Waals surface area contributed by atoms with Crippen molar-refractivity contribution in [2.75, 3.05) is 13.2 Å². The molecule has 1 N–H and O–H groups in total. The largest absolute Gasteiger partial charge is 0.390 e. The first-order valence-electron chi connectivity index (χ1n) is 8.29. The van der Waals surface area contributed by atoms with Crippen LogP contribution in [0.4, 0.5) is 0 Å². The molecule has 1 heterocycles. The fraction of sp³-hybridized carbons (Fsp3) is 0.667. The van der Waals surface area contributed by atoms with E-state index in [2.05, 4.69) is 30.3 Å². The molecule has 4 atom stereocenters. The maximum absolute atomic E-state index is 10.2. The number of aliphatic hydroxyl groups is 1. The summed E-state index contributed by atoms with van der Waals surface area (Å²) in [5, 5.41) is 10.2. The molecule has 0 aromatic heterocycles. The number of rotatable bonds is 4. The van der Waals surface area contributed by atoms with Crippen molar-refractivity contribution in [2.45, 2.75) is 62.8 Å². The van der Waals surface area contributed by atoms with Crippen molar-refractivity contribution in [3.63, 3.8) is 0 Å². The summed E-state index contributed by atoms with van der Waals surface area (Å²) in [6.45, 7) is 1.48. The van der Waals surface area contributed by atoms with Crippen LogP contribution < -0.4 is 0 Å². The first-order chi connectivity index (χ1) is 10.3. The lowest BCUT2D eigenvalue weighted by Crippen LogP contribution is -2.38. The Morgan fingerprint density at radius 2 is 1.95 bits per heavy atom. The number of hydrogen-bond acceptors (Lipinski definition) is 3. The van der Waals surface area contributed by atoms with E-state index in [1.54, 1.807) is 0 Å². The number of hydrogen-bond donors (Lipinski definition) is 1. The van der Waals surface area contributed by atoms with Crippen LogP contribution in [-0.4, -0.2) is 36.6 Å². The minimum atomic E-state index is -0.325. The van der Waals surface area contributed by atoms with Gasteiger partial charge in [-0.2, -0.15) is 0 Å². The van der Waals surface area contributed by atoms with Crippen LogP contribution in [0.2, 0.25) is 0 Å². The molecule has 1 aliphatic heterocycles. The third kappa shape index (κ3) is 4.06. The molecule has 0 radical (unpaired) electrons. The molecule has 0 amide bonds. The van der Waals surface area contributed by atoms with Crippen molar-refractivity contribution in [2.24, 2.45) is 0 Å². The van der Waals surface area contributed by atoms with Crippen LogP contribution in [-0.2, 0) is 9.47 Å². The van der Waals surface area contributed by atoms with Crippen LogP contribution in [0.25, 0.3) is 0 Å². The van der Waals surface area contributed by atoms with E-state index in [0.717, 1.165) is 32.3 Å². The zero-order valence-corrected chi connectivity index (χ0v) is 12.6. The summed E-state index contributed by atoms with van der Waals surface area (Å²) >= 11 is 0. The number of benzene rings is 1. The van der Waals surface area contributed by atoms with E-state index in [9.17, 15) is 5.11 Å². The van der Waals surface area contributed by atoms with Gasteiger partial charge in [-0.1, -0.05) is 30.3 Å². The normalized spacial score (nSPS) is 33.8. The third-order valence-corrected chi connectivity index (χ3v) is 4.80. The van der Waals surface area contributed by atoms with Crippen LogP contribution in [0, 0.1) is 0 Å². The van der Waals surface area contributed by atoms with Gasteiger partial charge in [-0.15, -0.1) is 0 Å². The van der Waals surface area contributed by atoms with E-state index in [4.69, 9.17) is 9.47 Å². The molecule has 21 heavy (non-hydrogen) atoms. The van der Waals surface area contributed by atoms with Crippen LogP contribution in [0.15, 0.2) is 30.3 Å². The van der Waals surface area contributed by atoms with Gasteiger partial charge in [0.1, 0.15) is 0 Å². The lowest BCUT2D eigenvalue weighted by molar-refractivity contribution is -0.107. The fourth-order valence-corrected chi connectivity index (χ4v) is 3.49. The zero-order chi connectivity index (χ0) is 14.5. The first kappa shape index (κ1) is 15.0. The highest BCUT2D eigenvalue weighted by molar-refractivity contribution is 5.20. The lowest BCUT2D eigenvalue weighted by atomic mass is 9.81. The Hall–Kier alpha value is -0.900. The second-order valence-corrected chi connectivity index (χ2v) is 6.35. The number of aliphatic hydroxyl groups excluding tert-OH is 1. The Morgan fingerprint density at radius 3 is 2.71 bits per heavy atom. The molecule has 1 saturated carbocycles. The molecule has 2 fully saturated rings. The van der Waals surface area contributed by atoms with Crippen LogP contribution >= 0.6 is 0 Å². The van der Waals surface area contributed by atoms with Crippen molar-refractivity contribution in [3.8, 4) is 0 Å². The molecule has 3 rings (SSSR count). The van der Waals surface area contributed by atoms with Gasteiger partial charge >= 0.3 is 0 Å². The molecule has 3 heteroatoms. The Kier molecular flexibility index (Phi) is 5.28.